The first-order valence-electron chi connectivity index (χ1n) is 8.27. The molecule has 1 atom stereocenters. The fourth-order valence-electron chi connectivity index (χ4n) is 3.18. The van der Waals surface area contributed by atoms with Crippen molar-refractivity contribution in [3.8, 4) is 0 Å². The van der Waals surface area contributed by atoms with Gasteiger partial charge in [-0.15, -0.1) is 0 Å². The van der Waals surface area contributed by atoms with E-state index in [1.54, 1.807) is 0 Å². The van der Waals surface area contributed by atoms with Crippen LogP contribution in [0.2, 0.25) is 0 Å². The quantitative estimate of drug-likeness (QED) is 0.551. The highest BCUT2D eigenvalue weighted by Crippen LogP contribution is 2.33. The van der Waals surface area contributed by atoms with Gasteiger partial charge in [0.05, 0.1) is 11.4 Å². The Morgan fingerprint density at radius 2 is 2.08 bits per heavy atom. The number of nitrogens with zero attached hydrogens (tertiary/aromatic N) is 1. The van der Waals surface area contributed by atoms with Crippen molar-refractivity contribution in [3.63, 3.8) is 0 Å². The van der Waals surface area contributed by atoms with E-state index in [1.165, 1.54) is 19.3 Å². The van der Waals surface area contributed by atoms with Crippen LogP contribution in [0.4, 0.5) is 17.1 Å². The summed E-state index contributed by atoms with van der Waals surface area (Å²) in [7, 11) is 0. The number of amides is 1. The summed E-state index contributed by atoms with van der Waals surface area (Å²) in [6.45, 7) is 3.25. The maximum absolute atomic E-state index is 12.6. The first kappa shape index (κ1) is 17.1. The summed E-state index contributed by atoms with van der Waals surface area (Å²) in [5.41, 5.74) is 9.10. The van der Waals surface area contributed by atoms with E-state index in [4.69, 9.17) is 5.73 Å². The molecule has 3 N–H and O–H groups in total. The third kappa shape index (κ3) is 3.83. The van der Waals surface area contributed by atoms with Crippen LogP contribution >= 0.6 is 22.6 Å². The molecule has 1 unspecified atom stereocenters. The second kappa shape index (κ2) is 7.42. The van der Waals surface area contributed by atoms with Gasteiger partial charge in [0.2, 0.25) is 0 Å². The van der Waals surface area contributed by atoms with Gasteiger partial charge in [0.25, 0.3) is 5.91 Å². The number of carbonyl (C=O) groups is 1. The number of carbonyl (C=O) groups excluding carboxylic acids is 1. The predicted molar refractivity (Wildman–Crippen MR) is 109 cm³/mol. The van der Waals surface area contributed by atoms with Gasteiger partial charge in [-0.3, -0.25) is 4.79 Å². The molecule has 24 heavy (non-hydrogen) atoms. The van der Waals surface area contributed by atoms with Gasteiger partial charge < -0.3 is 16.0 Å². The Balaban J connectivity index is 1.89. The smallest absolute Gasteiger partial charge is 0.255 e. The number of hydrogen-bond acceptors (Lipinski definition) is 3. The van der Waals surface area contributed by atoms with E-state index in [0.717, 1.165) is 21.5 Å². The maximum atomic E-state index is 12.6. The highest BCUT2D eigenvalue weighted by molar-refractivity contribution is 14.1. The number of rotatable bonds is 3. The number of benzene rings is 2. The molecule has 4 nitrogen and oxygen atoms in total. The summed E-state index contributed by atoms with van der Waals surface area (Å²) in [6.07, 6.45) is 3.62. The summed E-state index contributed by atoms with van der Waals surface area (Å²) in [5.74, 6) is -0.106. The lowest BCUT2D eigenvalue weighted by atomic mass is 10.0. The van der Waals surface area contributed by atoms with E-state index in [0.29, 0.717) is 17.3 Å². The van der Waals surface area contributed by atoms with Gasteiger partial charge in [-0.25, -0.2) is 0 Å². The molecule has 0 aliphatic carbocycles. The molecule has 0 spiro atoms. The Bertz CT molecular complexity index is 747. The van der Waals surface area contributed by atoms with Gasteiger partial charge in [-0.1, -0.05) is 6.07 Å². The van der Waals surface area contributed by atoms with Gasteiger partial charge in [-0.2, -0.15) is 0 Å². The van der Waals surface area contributed by atoms with Crippen LogP contribution < -0.4 is 16.0 Å². The molecular weight excluding hydrogens is 413 g/mol. The zero-order valence-electron chi connectivity index (χ0n) is 13.8. The normalized spacial score (nSPS) is 17.6. The summed E-state index contributed by atoms with van der Waals surface area (Å²) in [4.78, 5) is 15.0. The average Bonchev–Trinajstić information content (AvgIpc) is 2.56. The van der Waals surface area contributed by atoms with Crippen molar-refractivity contribution < 1.29 is 4.79 Å². The average molecular weight is 435 g/mol. The molecule has 1 saturated heterocycles. The van der Waals surface area contributed by atoms with Gasteiger partial charge in [0.1, 0.15) is 0 Å². The minimum absolute atomic E-state index is 0.106. The first-order valence-corrected chi connectivity index (χ1v) is 9.35. The fraction of sp³-hybridized carbons (Fsp3) is 0.316. The number of hydrogen-bond donors (Lipinski definition) is 2. The zero-order valence-corrected chi connectivity index (χ0v) is 15.9. The number of anilines is 3. The predicted octanol–water partition coefficient (Wildman–Crippen LogP) is 4.50. The number of nitrogens with two attached hydrogens (primary N) is 1. The second-order valence-electron chi connectivity index (χ2n) is 6.28. The lowest BCUT2D eigenvalue weighted by molar-refractivity contribution is 0.102. The molecule has 5 heteroatoms. The SMILES string of the molecule is CC1CCCCN1c1ccc(N)cc1NC(=O)c1cccc(I)c1. The Morgan fingerprint density at radius 1 is 1.25 bits per heavy atom. The van der Waals surface area contributed by atoms with Crippen LogP contribution in [0.15, 0.2) is 42.5 Å². The van der Waals surface area contributed by atoms with E-state index in [-0.39, 0.29) is 5.91 Å². The topological polar surface area (TPSA) is 58.4 Å². The maximum Gasteiger partial charge on any atom is 0.255 e. The van der Waals surface area contributed by atoms with Crippen molar-refractivity contribution in [2.45, 2.75) is 32.2 Å². The summed E-state index contributed by atoms with van der Waals surface area (Å²) in [6, 6.07) is 13.8. The van der Waals surface area contributed by atoms with E-state index >= 15 is 0 Å². The molecule has 0 radical (unpaired) electrons. The standard InChI is InChI=1S/C19H22IN3O/c1-13-5-2-3-10-23(13)18-9-8-16(21)12-17(18)22-19(24)14-6-4-7-15(20)11-14/h4,6-9,11-13H,2-3,5,10,21H2,1H3,(H,22,24). The molecule has 0 saturated carbocycles. The highest BCUT2D eigenvalue weighted by atomic mass is 127. The first-order chi connectivity index (χ1) is 11.5. The molecule has 1 aliphatic rings. The van der Waals surface area contributed by atoms with Crippen LogP contribution in [0.25, 0.3) is 0 Å². The third-order valence-corrected chi connectivity index (χ3v) is 5.14. The van der Waals surface area contributed by atoms with E-state index < -0.39 is 0 Å². The molecule has 2 aromatic carbocycles. The monoisotopic (exact) mass is 435 g/mol. The van der Waals surface area contributed by atoms with Crippen LogP contribution in [0.1, 0.15) is 36.5 Å². The molecule has 1 amide bonds. The molecule has 2 aromatic rings. The highest BCUT2D eigenvalue weighted by Gasteiger charge is 2.22. The number of piperidine rings is 1. The summed E-state index contributed by atoms with van der Waals surface area (Å²) < 4.78 is 1.04. The molecule has 1 aliphatic heterocycles. The minimum atomic E-state index is -0.106. The Morgan fingerprint density at radius 3 is 2.83 bits per heavy atom. The largest absolute Gasteiger partial charge is 0.399 e. The Hall–Kier alpha value is -1.76. The van der Waals surface area contributed by atoms with Gasteiger partial charge in [0.15, 0.2) is 0 Å². The van der Waals surface area contributed by atoms with E-state index in [9.17, 15) is 4.79 Å². The summed E-state index contributed by atoms with van der Waals surface area (Å²) in [5, 5.41) is 3.05. The van der Waals surface area contributed by atoms with Gasteiger partial charge >= 0.3 is 0 Å². The lowest BCUT2D eigenvalue weighted by Crippen LogP contribution is -2.38. The van der Waals surface area contributed by atoms with Crippen LogP contribution in [-0.4, -0.2) is 18.5 Å². The van der Waals surface area contributed by atoms with Crippen molar-refractivity contribution in [1.82, 2.24) is 0 Å². The second-order valence-corrected chi connectivity index (χ2v) is 7.52. The third-order valence-electron chi connectivity index (χ3n) is 4.47. The van der Waals surface area contributed by atoms with Crippen molar-refractivity contribution in [1.29, 1.82) is 0 Å². The number of halogens is 1. The van der Waals surface area contributed by atoms with Crippen LogP contribution in [0.3, 0.4) is 0 Å². The van der Waals surface area contributed by atoms with Crippen LogP contribution in [0.5, 0.6) is 0 Å². The van der Waals surface area contributed by atoms with Crippen molar-refractivity contribution in [2.24, 2.45) is 0 Å². The fourth-order valence-corrected chi connectivity index (χ4v) is 3.73. The van der Waals surface area contributed by atoms with Crippen LogP contribution in [0, 0.1) is 3.57 Å². The Kier molecular flexibility index (Phi) is 5.28. The van der Waals surface area contributed by atoms with Gasteiger partial charge in [-0.05, 0) is 85.2 Å². The lowest BCUT2D eigenvalue weighted by Gasteiger charge is -2.36. The molecule has 1 heterocycles. The van der Waals surface area contributed by atoms with Gasteiger partial charge in [0, 0.05) is 27.4 Å². The van der Waals surface area contributed by atoms with Crippen molar-refractivity contribution >= 4 is 45.6 Å². The van der Waals surface area contributed by atoms with Crippen LogP contribution in [-0.2, 0) is 0 Å². The van der Waals surface area contributed by atoms with E-state index in [2.05, 4.69) is 39.7 Å². The zero-order chi connectivity index (χ0) is 17.1. The molecule has 126 valence electrons. The van der Waals surface area contributed by atoms with Crippen molar-refractivity contribution in [2.75, 3.05) is 22.5 Å². The number of nitrogen functional groups attached to an aromatic ring is 1. The molecule has 0 bridgehead atoms. The summed E-state index contributed by atoms with van der Waals surface area (Å²) >= 11 is 2.21. The molecule has 3 rings (SSSR count). The minimum Gasteiger partial charge on any atom is -0.399 e. The van der Waals surface area contributed by atoms with E-state index in [1.807, 2.05) is 42.5 Å². The number of nitrogens with one attached hydrogen (secondary N) is 1. The molecule has 0 aromatic heterocycles. The Labute approximate surface area is 156 Å². The molecular formula is C19H22IN3O. The molecule has 1 fully saturated rings. The van der Waals surface area contributed by atoms with Crippen molar-refractivity contribution in [3.05, 3.63) is 51.6 Å².